The van der Waals surface area contributed by atoms with E-state index in [4.69, 9.17) is 5.14 Å². The Kier molecular flexibility index (Phi) is 4.73. The van der Waals surface area contributed by atoms with Crippen LogP contribution in [-0.4, -0.2) is 8.42 Å². The maximum Gasteiger partial charge on any atom is 0.238 e. The SMILES string of the molecule is CC.Cc1ccc(S(N)(=O)=O)cc1F. The van der Waals surface area contributed by atoms with Gasteiger partial charge in [-0.2, -0.15) is 0 Å². The smallest absolute Gasteiger partial charge is 0.225 e. The van der Waals surface area contributed by atoms with Gasteiger partial charge in [-0.15, -0.1) is 0 Å². The monoisotopic (exact) mass is 219 g/mol. The highest BCUT2D eigenvalue weighted by Crippen LogP contribution is 2.12. The van der Waals surface area contributed by atoms with Crippen molar-refractivity contribution >= 4 is 10.0 Å². The number of halogens is 1. The van der Waals surface area contributed by atoms with Gasteiger partial charge in [-0.05, 0) is 24.6 Å². The molecule has 5 heteroatoms. The van der Waals surface area contributed by atoms with Gasteiger partial charge in [0, 0.05) is 0 Å². The van der Waals surface area contributed by atoms with Crippen LogP contribution in [0.25, 0.3) is 0 Å². The molecular formula is C9H14FNO2S. The van der Waals surface area contributed by atoms with Gasteiger partial charge >= 0.3 is 0 Å². The Hall–Kier alpha value is -0.940. The molecule has 0 aromatic heterocycles. The molecule has 0 aliphatic heterocycles. The van der Waals surface area contributed by atoms with Gasteiger partial charge in [0.1, 0.15) is 5.82 Å². The zero-order valence-electron chi connectivity index (χ0n) is 8.41. The van der Waals surface area contributed by atoms with Crippen LogP contribution in [0.1, 0.15) is 19.4 Å². The van der Waals surface area contributed by atoms with Crippen molar-refractivity contribution in [1.82, 2.24) is 0 Å². The minimum atomic E-state index is -3.78. The van der Waals surface area contributed by atoms with Crippen molar-refractivity contribution in [3.63, 3.8) is 0 Å². The van der Waals surface area contributed by atoms with E-state index in [9.17, 15) is 12.8 Å². The first-order chi connectivity index (χ1) is 6.41. The first kappa shape index (κ1) is 13.1. The molecule has 0 atom stereocenters. The fraction of sp³-hybridized carbons (Fsp3) is 0.333. The Balaban J connectivity index is 0.000000791. The van der Waals surface area contributed by atoms with E-state index in [1.54, 1.807) is 6.92 Å². The zero-order valence-corrected chi connectivity index (χ0v) is 9.23. The van der Waals surface area contributed by atoms with E-state index >= 15 is 0 Å². The van der Waals surface area contributed by atoms with Crippen LogP contribution in [0, 0.1) is 12.7 Å². The number of sulfonamides is 1. The van der Waals surface area contributed by atoms with Gasteiger partial charge in [0.15, 0.2) is 0 Å². The molecule has 0 amide bonds. The highest BCUT2D eigenvalue weighted by molar-refractivity contribution is 7.89. The second kappa shape index (κ2) is 5.07. The number of rotatable bonds is 1. The summed E-state index contributed by atoms with van der Waals surface area (Å²) in [5.74, 6) is -0.568. The van der Waals surface area contributed by atoms with Crippen molar-refractivity contribution in [2.75, 3.05) is 0 Å². The number of benzene rings is 1. The summed E-state index contributed by atoms with van der Waals surface area (Å²) >= 11 is 0. The number of nitrogens with two attached hydrogens (primary N) is 1. The Morgan fingerprint density at radius 3 is 2.14 bits per heavy atom. The van der Waals surface area contributed by atoms with Crippen LogP contribution in [0.3, 0.4) is 0 Å². The Bertz CT molecular complexity index is 401. The fourth-order valence-corrected chi connectivity index (χ4v) is 1.28. The molecule has 0 saturated carbocycles. The highest BCUT2D eigenvalue weighted by Gasteiger charge is 2.08. The van der Waals surface area contributed by atoms with Gasteiger partial charge in [-0.1, -0.05) is 19.9 Å². The van der Waals surface area contributed by atoms with E-state index in [0.29, 0.717) is 5.56 Å². The van der Waals surface area contributed by atoms with E-state index in [0.717, 1.165) is 6.07 Å². The summed E-state index contributed by atoms with van der Waals surface area (Å²) in [4.78, 5) is -0.203. The second-order valence-corrected chi connectivity index (χ2v) is 4.02. The van der Waals surface area contributed by atoms with Gasteiger partial charge in [-0.3, -0.25) is 0 Å². The molecule has 0 heterocycles. The van der Waals surface area contributed by atoms with E-state index in [-0.39, 0.29) is 4.90 Å². The van der Waals surface area contributed by atoms with E-state index in [2.05, 4.69) is 0 Å². The van der Waals surface area contributed by atoms with Gasteiger partial charge in [0.05, 0.1) is 4.90 Å². The summed E-state index contributed by atoms with van der Waals surface area (Å²) in [6.45, 7) is 5.54. The van der Waals surface area contributed by atoms with Crippen molar-refractivity contribution in [2.45, 2.75) is 25.7 Å². The summed E-state index contributed by atoms with van der Waals surface area (Å²) < 4.78 is 34.2. The molecule has 0 radical (unpaired) electrons. The van der Waals surface area contributed by atoms with Crippen molar-refractivity contribution in [2.24, 2.45) is 5.14 Å². The van der Waals surface area contributed by atoms with Crippen molar-refractivity contribution in [1.29, 1.82) is 0 Å². The van der Waals surface area contributed by atoms with Crippen LogP contribution in [-0.2, 0) is 10.0 Å². The topological polar surface area (TPSA) is 60.2 Å². The molecule has 14 heavy (non-hydrogen) atoms. The molecule has 0 spiro atoms. The summed E-state index contributed by atoms with van der Waals surface area (Å²) in [7, 11) is -3.78. The molecule has 0 unspecified atom stereocenters. The molecule has 0 fully saturated rings. The third-order valence-corrected chi connectivity index (χ3v) is 2.38. The lowest BCUT2D eigenvalue weighted by Gasteiger charge is -1.99. The second-order valence-electron chi connectivity index (χ2n) is 2.46. The average Bonchev–Trinajstić information content (AvgIpc) is 2.11. The van der Waals surface area contributed by atoms with Crippen LogP contribution in [0.2, 0.25) is 0 Å². The molecule has 80 valence electrons. The van der Waals surface area contributed by atoms with E-state index < -0.39 is 15.8 Å². The van der Waals surface area contributed by atoms with Gasteiger partial charge in [-0.25, -0.2) is 17.9 Å². The summed E-state index contributed by atoms with van der Waals surface area (Å²) in [5, 5.41) is 4.78. The maximum atomic E-state index is 12.8. The summed E-state index contributed by atoms with van der Waals surface area (Å²) in [6, 6.07) is 3.55. The Labute approximate surface area is 83.8 Å². The van der Waals surface area contributed by atoms with Crippen LogP contribution < -0.4 is 5.14 Å². The summed E-state index contributed by atoms with van der Waals surface area (Å²) in [6.07, 6.45) is 0. The van der Waals surface area contributed by atoms with Crippen LogP contribution in [0.4, 0.5) is 4.39 Å². The zero-order chi connectivity index (χ0) is 11.4. The quantitative estimate of drug-likeness (QED) is 0.783. The molecule has 0 bridgehead atoms. The van der Waals surface area contributed by atoms with Gasteiger partial charge < -0.3 is 0 Å². The van der Waals surface area contributed by atoms with E-state index in [1.165, 1.54) is 12.1 Å². The predicted molar refractivity (Wildman–Crippen MR) is 53.9 cm³/mol. The third-order valence-electron chi connectivity index (χ3n) is 1.47. The molecule has 1 aromatic rings. The lowest BCUT2D eigenvalue weighted by molar-refractivity contribution is 0.590. The van der Waals surface area contributed by atoms with Crippen LogP contribution in [0.15, 0.2) is 23.1 Å². The Morgan fingerprint density at radius 2 is 1.79 bits per heavy atom. The van der Waals surface area contributed by atoms with Gasteiger partial charge in [0.2, 0.25) is 10.0 Å². The maximum absolute atomic E-state index is 12.8. The summed E-state index contributed by atoms with van der Waals surface area (Å²) in [5.41, 5.74) is 0.391. The first-order valence-corrected chi connectivity index (χ1v) is 5.75. The number of primary sulfonamides is 1. The predicted octanol–water partition coefficient (Wildman–Crippen LogP) is 1.81. The molecule has 0 aliphatic carbocycles. The minimum absolute atomic E-state index is 0.203. The molecule has 2 N–H and O–H groups in total. The molecule has 3 nitrogen and oxygen atoms in total. The largest absolute Gasteiger partial charge is 0.238 e. The molecule has 1 rings (SSSR count). The fourth-order valence-electron chi connectivity index (χ4n) is 0.751. The third kappa shape index (κ3) is 3.43. The molecule has 1 aromatic carbocycles. The average molecular weight is 219 g/mol. The highest BCUT2D eigenvalue weighted by atomic mass is 32.2. The standard InChI is InChI=1S/C7H8FNO2S.C2H6/c1-5-2-3-6(4-7(5)8)12(9,10)11;1-2/h2-4H,1H3,(H2,9,10,11);1-2H3. The normalized spacial score (nSPS) is 10.4. The molecular weight excluding hydrogens is 205 g/mol. The lowest BCUT2D eigenvalue weighted by atomic mass is 10.2. The number of hydrogen-bond donors (Lipinski definition) is 1. The van der Waals surface area contributed by atoms with Crippen LogP contribution >= 0.6 is 0 Å². The lowest BCUT2D eigenvalue weighted by Crippen LogP contribution is -2.12. The van der Waals surface area contributed by atoms with Crippen molar-refractivity contribution < 1.29 is 12.8 Å². The number of hydrogen-bond acceptors (Lipinski definition) is 2. The van der Waals surface area contributed by atoms with E-state index in [1.807, 2.05) is 13.8 Å². The number of aryl methyl sites for hydroxylation is 1. The first-order valence-electron chi connectivity index (χ1n) is 4.20. The molecule has 0 aliphatic rings. The molecule has 0 saturated heterocycles. The van der Waals surface area contributed by atoms with Crippen molar-refractivity contribution in [3.8, 4) is 0 Å². The Morgan fingerprint density at radius 1 is 1.29 bits per heavy atom. The van der Waals surface area contributed by atoms with Crippen molar-refractivity contribution in [3.05, 3.63) is 29.6 Å². The van der Waals surface area contributed by atoms with Gasteiger partial charge in [0.25, 0.3) is 0 Å². The minimum Gasteiger partial charge on any atom is -0.225 e. The van der Waals surface area contributed by atoms with Crippen LogP contribution in [0.5, 0.6) is 0 Å².